The van der Waals surface area contributed by atoms with E-state index < -0.39 is 5.97 Å². The average Bonchev–Trinajstić information content (AvgIpc) is 3.07. The highest BCUT2D eigenvalue weighted by Gasteiger charge is 2.17. The van der Waals surface area contributed by atoms with E-state index in [9.17, 15) is 10.0 Å². The van der Waals surface area contributed by atoms with Crippen LogP contribution < -0.4 is 5.23 Å². The van der Waals surface area contributed by atoms with E-state index in [4.69, 9.17) is 10.0 Å². The second-order valence-corrected chi connectivity index (χ2v) is 5.67. The van der Waals surface area contributed by atoms with Crippen LogP contribution in [0.15, 0.2) is 65.3 Å². The second kappa shape index (κ2) is 7.74. The number of rotatable bonds is 4. The molecule has 6 nitrogen and oxygen atoms in total. The zero-order valence-electron chi connectivity index (χ0n) is 13.5. The molecule has 0 bridgehead atoms. The highest BCUT2D eigenvalue weighted by Crippen LogP contribution is 2.24. The van der Waals surface area contributed by atoms with Crippen LogP contribution in [-0.4, -0.2) is 16.9 Å². The first-order chi connectivity index (χ1) is 12.1. The predicted molar refractivity (Wildman–Crippen MR) is 95.2 cm³/mol. The molecule has 2 aromatic rings. The number of benzene rings is 2. The fraction of sp³-hybridized carbons (Fsp3) is 0.158. The van der Waals surface area contributed by atoms with Crippen molar-refractivity contribution in [3.05, 3.63) is 76.5 Å². The molecule has 1 aliphatic carbocycles. The highest BCUT2D eigenvalue weighted by molar-refractivity contribution is 6.05. The number of carbonyl (C=O) groups excluding carboxylic acids is 1. The predicted octanol–water partition coefficient (Wildman–Crippen LogP) is 4.16. The molecule has 6 heteroatoms. The summed E-state index contributed by atoms with van der Waals surface area (Å²) in [6.07, 6.45) is 4.69. The Morgan fingerprint density at radius 1 is 1.12 bits per heavy atom. The van der Waals surface area contributed by atoms with Gasteiger partial charge in [-0.3, -0.25) is 5.21 Å². The van der Waals surface area contributed by atoms with Crippen LogP contribution in [0.1, 0.15) is 35.2 Å². The minimum atomic E-state index is -0.611. The molecule has 1 fully saturated rings. The van der Waals surface area contributed by atoms with E-state index in [1.165, 1.54) is 24.3 Å². The lowest BCUT2D eigenvalue weighted by Gasteiger charge is -2.21. The summed E-state index contributed by atoms with van der Waals surface area (Å²) in [7, 11) is 0. The van der Waals surface area contributed by atoms with Crippen LogP contribution in [0.4, 0.5) is 5.69 Å². The van der Waals surface area contributed by atoms with Crippen molar-refractivity contribution in [3.63, 3.8) is 0 Å². The smallest absolute Gasteiger partial charge is 0.365 e. The zero-order valence-corrected chi connectivity index (χ0v) is 13.5. The van der Waals surface area contributed by atoms with Gasteiger partial charge in [0.05, 0.1) is 17.0 Å². The molecule has 128 valence electrons. The molecule has 0 saturated heterocycles. The molecule has 0 amide bonds. The van der Waals surface area contributed by atoms with E-state index in [0.29, 0.717) is 0 Å². The Balaban J connectivity index is 1.70. The minimum Gasteiger partial charge on any atom is -0.733 e. The standard InChI is InChI=1S/C19H17N2O4/c22-19(15-9-11-17(12-10-15)21(23)24)25-20-18-8-4-7-16(18)13-14-5-2-1-3-6-14/h1-3,5-6,9-13,23H,4,7-8H2/q-1/b16-13-,20-18+. The van der Waals surface area contributed by atoms with Gasteiger partial charge in [-0.05, 0) is 60.7 Å². The van der Waals surface area contributed by atoms with Crippen molar-refractivity contribution in [2.24, 2.45) is 5.16 Å². The van der Waals surface area contributed by atoms with Crippen molar-refractivity contribution in [1.82, 2.24) is 0 Å². The van der Waals surface area contributed by atoms with Gasteiger partial charge in [0, 0.05) is 0 Å². The Morgan fingerprint density at radius 3 is 2.52 bits per heavy atom. The number of hydrogen-bond acceptors (Lipinski definition) is 6. The highest BCUT2D eigenvalue weighted by atomic mass is 16.8. The molecule has 2 aromatic carbocycles. The molecular weight excluding hydrogens is 320 g/mol. The maximum Gasteiger partial charge on any atom is 0.365 e. The van der Waals surface area contributed by atoms with E-state index in [0.717, 1.165) is 36.1 Å². The molecule has 0 radical (unpaired) electrons. The van der Waals surface area contributed by atoms with Crippen LogP contribution in [0.3, 0.4) is 0 Å². The van der Waals surface area contributed by atoms with Crippen molar-refractivity contribution < 1.29 is 14.8 Å². The van der Waals surface area contributed by atoms with Gasteiger partial charge in [-0.25, -0.2) is 4.79 Å². The topological polar surface area (TPSA) is 85.2 Å². The van der Waals surface area contributed by atoms with Gasteiger partial charge in [-0.15, -0.1) is 0 Å². The van der Waals surface area contributed by atoms with Gasteiger partial charge in [0.15, 0.2) is 0 Å². The van der Waals surface area contributed by atoms with E-state index in [-0.39, 0.29) is 16.5 Å². The lowest BCUT2D eigenvalue weighted by atomic mass is 10.1. The summed E-state index contributed by atoms with van der Waals surface area (Å²) in [5.41, 5.74) is 3.21. The summed E-state index contributed by atoms with van der Waals surface area (Å²) in [4.78, 5) is 17.1. The van der Waals surface area contributed by atoms with Gasteiger partial charge in [0.25, 0.3) is 0 Å². The number of nitrogens with zero attached hydrogens (tertiary/aromatic N) is 2. The fourth-order valence-electron chi connectivity index (χ4n) is 2.64. The van der Waals surface area contributed by atoms with Gasteiger partial charge in [-0.2, -0.15) is 0 Å². The number of hydrogen-bond donors (Lipinski definition) is 1. The van der Waals surface area contributed by atoms with Crippen molar-refractivity contribution in [3.8, 4) is 0 Å². The molecule has 25 heavy (non-hydrogen) atoms. The van der Waals surface area contributed by atoms with E-state index in [1.54, 1.807) is 0 Å². The normalized spacial score (nSPS) is 17.0. The molecule has 0 aromatic heterocycles. The monoisotopic (exact) mass is 337 g/mol. The third kappa shape index (κ3) is 4.32. The Labute approximate surface area is 145 Å². The van der Waals surface area contributed by atoms with Crippen molar-refractivity contribution in [1.29, 1.82) is 0 Å². The van der Waals surface area contributed by atoms with Crippen LogP contribution in [-0.2, 0) is 4.84 Å². The fourth-order valence-corrected chi connectivity index (χ4v) is 2.64. The summed E-state index contributed by atoms with van der Waals surface area (Å²) in [5, 5.41) is 23.3. The minimum absolute atomic E-state index is 0.0340. The number of carbonyl (C=O) groups is 1. The van der Waals surface area contributed by atoms with Crippen LogP contribution in [0.2, 0.25) is 0 Å². The van der Waals surface area contributed by atoms with Gasteiger partial charge in [0.1, 0.15) is 0 Å². The molecule has 0 aliphatic heterocycles. The molecule has 1 N–H and O–H groups in total. The number of anilines is 1. The SMILES string of the molecule is O=C(O/N=C1\CCC\C1=C\c1ccccc1)c1ccc(N([O-])O)cc1. The largest absolute Gasteiger partial charge is 0.733 e. The molecule has 0 heterocycles. The van der Waals surface area contributed by atoms with Crippen LogP contribution in [0.25, 0.3) is 6.08 Å². The summed E-state index contributed by atoms with van der Waals surface area (Å²) in [6, 6.07) is 15.4. The lowest BCUT2D eigenvalue weighted by molar-refractivity contribution is 0.0516. The molecule has 0 spiro atoms. The Kier molecular flexibility index (Phi) is 5.23. The van der Waals surface area contributed by atoms with E-state index >= 15 is 0 Å². The summed E-state index contributed by atoms with van der Waals surface area (Å²) >= 11 is 0. The Morgan fingerprint density at radius 2 is 1.84 bits per heavy atom. The van der Waals surface area contributed by atoms with Crippen LogP contribution >= 0.6 is 0 Å². The van der Waals surface area contributed by atoms with Crippen molar-refractivity contribution in [2.45, 2.75) is 19.3 Å². The number of oxime groups is 1. The first-order valence-corrected chi connectivity index (χ1v) is 7.94. The van der Waals surface area contributed by atoms with Gasteiger partial charge in [0.2, 0.25) is 0 Å². The molecular formula is C19H17N2O4-. The van der Waals surface area contributed by atoms with Gasteiger partial charge >= 0.3 is 5.97 Å². The third-order valence-corrected chi connectivity index (χ3v) is 3.93. The first kappa shape index (κ1) is 16.9. The average molecular weight is 337 g/mol. The molecule has 0 unspecified atom stereocenters. The summed E-state index contributed by atoms with van der Waals surface area (Å²) in [5.74, 6) is -0.611. The Hall–Kier alpha value is -2.96. The lowest BCUT2D eigenvalue weighted by Crippen LogP contribution is -2.08. The van der Waals surface area contributed by atoms with E-state index in [2.05, 4.69) is 11.2 Å². The molecule has 1 saturated carbocycles. The quantitative estimate of drug-likeness (QED) is 0.669. The second-order valence-electron chi connectivity index (χ2n) is 5.67. The summed E-state index contributed by atoms with van der Waals surface area (Å²) in [6.45, 7) is 0. The molecule has 3 rings (SSSR count). The Bertz CT molecular complexity index is 796. The number of allylic oxidation sites excluding steroid dienone is 1. The maximum absolute atomic E-state index is 12.0. The van der Waals surface area contributed by atoms with E-state index in [1.807, 2.05) is 30.3 Å². The van der Waals surface area contributed by atoms with Crippen LogP contribution in [0.5, 0.6) is 0 Å². The van der Waals surface area contributed by atoms with Gasteiger partial charge < -0.3 is 15.3 Å². The van der Waals surface area contributed by atoms with Crippen LogP contribution in [0, 0.1) is 5.21 Å². The maximum atomic E-state index is 12.0. The molecule has 1 aliphatic rings. The van der Waals surface area contributed by atoms with Crippen molar-refractivity contribution >= 4 is 23.4 Å². The zero-order chi connectivity index (χ0) is 17.6. The third-order valence-electron chi connectivity index (χ3n) is 3.93. The summed E-state index contributed by atoms with van der Waals surface area (Å²) < 4.78 is 0. The van der Waals surface area contributed by atoms with Crippen molar-refractivity contribution in [2.75, 3.05) is 5.23 Å². The first-order valence-electron chi connectivity index (χ1n) is 7.94. The van der Waals surface area contributed by atoms with Gasteiger partial charge in [-0.1, -0.05) is 35.5 Å². The molecule has 0 atom stereocenters.